The Kier molecular flexibility index (Phi) is 5.94. The van der Waals surface area contributed by atoms with Gasteiger partial charge in [-0.3, -0.25) is 4.90 Å². The zero-order valence-corrected chi connectivity index (χ0v) is 17.4. The van der Waals surface area contributed by atoms with Crippen LogP contribution < -0.4 is 20.7 Å². The molecule has 3 aromatic rings. The maximum absolute atomic E-state index is 5.94. The van der Waals surface area contributed by atoms with Gasteiger partial charge < -0.3 is 20.7 Å². The molecule has 1 fully saturated rings. The fourth-order valence-corrected chi connectivity index (χ4v) is 3.65. The Hall–Kier alpha value is -3.39. The highest BCUT2D eigenvalue weighted by Crippen LogP contribution is 2.28. The first-order chi connectivity index (χ1) is 14.6. The van der Waals surface area contributed by atoms with E-state index in [2.05, 4.69) is 36.1 Å². The Balaban J connectivity index is 1.40. The molecule has 0 radical (unpaired) electrons. The van der Waals surface area contributed by atoms with Crippen LogP contribution in [0.15, 0.2) is 48.5 Å². The second-order valence-electron chi connectivity index (χ2n) is 7.36. The molecule has 0 aliphatic carbocycles. The zero-order chi connectivity index (χ0) is 20.9. The molecule has 2 aromatic carbocycles. The number of nitrogens with two attached hydrogens (primary N) is 1. The number of ether oxygens (including phenoxy) is 1. The lowest BCUT2D eigenvalue weighted by molar-refractivity contribution is 0.243. The van der Waals surface area contributed by atoms with E-state index < -0.39 is 0 Å². The van der Waals surface area contributed by atoms with Gasteiger partial charge in [0.15, 0.2) is 0 Å². The number of nitrogen functional groups attached to an aromatic ring is 1. The molecule has 0 bridgehead atoms. The van der Waals surface area contributed by atoms with E-state index in [0.29, 0.717) is 18.3 Å². The number of para-hydroxylation sites is 2. The van der Waals surface area contributed by atoms with Crippen molar-refractivity contribution in [2.45, 2.75) is 13.5 Å². The summed E-state index contributed by atoms with van der Waals surface area (Å²) >= 11 is 0. The van der Waals surface area contributed by atoms with E-state index in [-0.39, 0.29) is 5.95 Å². The number of hydrogen-bond donors (Lipinski definition) is 2. The molecule has 1 aliphatic heterocycles. The molecule has 1 saturated heterocycles. The lowest BCUT2D eigenvalue weighted by Gasteiger charge is -2.36. The van der Waals surface area contributed by atoms with Crippen molar-refractivity contribution in [3.8, 4) is 5.75 Å². The van der Waals surface area contributed by atoms with Crippen LogP contribution in [0.25, 0.3) is 0 Å². The maximum Gasteiger partial charge on any atom is 0.232 e. The average Bonchev–Trinajstić information content (AvgIpc) is 2.74. The van der Waals surface area contributed by atoms with Crippen molar-refractivity contribution >= 4 is 23.3 Å². The number of nitrogens with zero attached hydrogens (tertiary/aromatic N) is 5. The summed E-state index contributed by atoms with van der Waals surface area (Å²) in [6.07, 6.45) is 0. The van der Waals surface area contributed by atoms with Crippen LogP contribution in [-0.2, 0) is 6.54 Å². The van der Waals surface area contributed by atoms with Crippen LogP contribution in [0.3, 0.4) is 0 Å². The van der Waals surface area contributed by atoms with Gasteiger partial charge in [-0.15, -0.1) is 0 Å². The number of hydrogen-bond acceptors (Lipinski definition) is 8. The number of rotatable bonds is 6. The van der Waals surface area contributed by atoms with Crippen molar-refractivity contribution < 1.29 is 4.74 Å². The SMILES string of the molecule is COc1ccccc1N1CCN(Cc2nc(N)nc(Nc3cccc(C)c3)n2)CC1. The number of benzene rings is 2. The van der Waals surface area contributed by atoms with Crippen molar-refractivity contribution in [1.29, 1.82) is 0 Å². The fraction of sp³-hybridized carbons (Fsp3) is 0.318. The van der Waals surface area contributed by atoms with Crippen LogP contribution in [0.2, 0.25) is 0 Å². The molecule has 0 atom stereocenters. The van der Waals surface area contributed by atoms with E-state index in [1.807, 2.05) is 49.4 Å². The highest BCUT2D eigenvalue weighted by atomic mass is 16.5. The van der Waals surface area contributed by atoms with Crippen LogP contribution in [-0.4, -0.2) is 53.1 Å². The molecule has 3 N–H and O–H groups in total. The van der Waals surface area contributed by atoms with Crippen molar-refractivity contribution in [1.82, 2.24) is 19.9 Å². The number of piperazine rings is 1. The Bertz CT molecular complexity index is 1000. The molecule has 0 saturated carbocycles. The quantitative estimate of drug-likeness (QED) is 0.647. The molecule has 0 spiro atoms. The number of methoxy groups -OCH3 is 1. The van der Waals surface area contributed by atoms with E-state index in [1.54, 1.807) is 7.11 Å². The normalized spacial score (nSPS) is 14.5. The Morgan fingerprint density at radius 1 is 1.00 bits per heavy atom. The smallest absolute Gasteiger partial charge is 0.232 e. The highest BCUT2D eigenvalue weighted by molar-refractivity contribution is 5.58. The molecule has 1 aromatic heterocycles. The van der Waals surface area contributed by atoms with Crippen molar-refractivity contribution in [3.63, 3.8) is 0 Å². The summed E-state index contributed by atoms with van der Waals surface area (Å²) in [5.74, 6) is 2.27. The van der Waals surface area contributed by atoms with Gasteiger partial charge in [0.05, 0.1) is 19.3 Å². The van der Waals surface area contributed by atoms with E-state index in [9.17, 15) is 0 Å². The third-order valence-corrected chi connectivity index (χ3v) is 5.14. The Morgan fingerprint density at radius 2 is 1.80 bits per heavy atom. The molecule has 8 nitrogen and oxygen atoms in total. The van der Waals surface area contributed by atoms with Crippen molar-refractivity contribution in [2.75, 3.05) is 49.2 Å². The van der Waals surface area contributed by atoms with Crippen LogP contribution >= 0.6 is 0 Å². The standard InChI is InChI=1S/C22H27N7O/c1-16-6-5-7-17(14-16)24-22-26-20(25-21(23)27-22)15-28-10-12-29(13-11-28)18-8-3-4-9-19(18)30-2/h3-9,14H,10-13,15H2,1-2H3,(H3,23,24,25,26,27). The predicted molar refractivity (Wildman–Crippen MR) is 119 cm³/mol. The van der Waals surface area contributed by atoms with Crippen molar-refractivity contribution in [3.05, 3.63) is 59.9 Å². The summed E-state index contributed by atoms with van der Waals surface area (Å²) in [7, 11) is 1.71. The largest absolute Gasteiger partial charge is 0.495 e. The fourth-order valence-electron chi connectivity index (χ4n) is 3.65. The summed E-state index contributed by atoms with van der Waals surface area (Å²) in [6.45, 7) is 6.32. The van der Waals surface area contributed by atoms with Gasteiger partial charge in [-0.2, -0.15) is 15.0 Å². The van der Waals surface area contributed by atoms with E-state index in [4.69, 9.17) is 10.5 Å². The monoisotopic (exact) mass is 405 g/mol. The minimum absolute atomic E-state index is 0.225. The second-order valence-corrected chi connectivity index (χ2v) is 7.36. The van der Waals surface area contributed by atoms with E-state index >= 15 is 0 Å². The number of aryl methyl sites for hydroxylation is 1. The Morgan fingerprint density at radius 3 is 2.57 bits per heavy atom. The lowest BCUT2D eigenvalue weighted by atomic mass is 10.2. The van der Waals surface area contributed by atoms with Gasteiger partial charge in [0.2, 0.25) is 11.9 Å². The van der Waals surface area contributed by atoms with Gasteiger partial charge in [-0.1, -0.05) is 24.3 Å². The third kappa shape index (κ3) is 4.77. The minimum Gasteiger partial charge on any atom is -0.495 e. The van der Waals surface area contributed by atoms with Gasteiger partial charge >= 0.3 is 0 Å². The van der Waals surface area contributed by atoms with Gasteiger partial charge in [-0.05, 0) is 36.8 Å². The minimum atomic E-state index is 0.225. The molecule has 0 amide bonds. The molecule has 156 valence electrons. The molecule has 1 aliphatic rings. The predicted octanol–water partition coefficient (Wildman–Crippen LogP) is 2.84. The molecule has 4 rings (SSSR count). The molecule has 30 heavy (non-hydrogen) atoms. The third-order valence-electron chi connectivity index (χ3n) is 5.14. The van der Waals surface area contributed by atoms with E-state index in [0.717, 1.165) is 48.9 Å². The molecule has 2 heterocycles. The molecular formula is C22H27N7O. The second kappa shape index (κ2) is 8.96. The first kappa shape index (κ1) is 19.9. The summed E-state index contributed by atoms with van der Waals surface area (Å²) in [5.41, 5.74) is 9.16. The lowest BCUT2D eigenvalue weighted by Crippen LogP contribution is -2.46. The zero-order valence-electron chi connectivity index (χ0n) is 17.4. The highest BCUT2D eigenvalue weighted by Gasteiger charge is 2.20. The van der Waals surface area contributed by atoms with Crippen LogP contribution in [0.4, 0.5) is 23.3 Å². The Labute approximate surface area is 176 Å². The van der Waals surface area contributed by atoms with Crippen molar-refractivity contribution in [2.24, 2.45) is 0 Å². The average molecular weight is 406 g/mol. The van der Waals surface area contributed by atoms with Crippen LogP contribution in [0, 0.1) is 6.92 Å². The molecular weight excluding hydrogens is 378 g/mol. The summed E-state index contributed by atoms with van der Waals surface area (Å²) < 4.78 is 5.50. The maximum atomic E-state index is 5.94. The molecule has 8 heteroatoms. The topological polar surface area (TPSA) is 92.4 Å². The number of nitrogens with one attached hydrogen (secondary N) is 1. The van der Waals surface area contributed by atoms with Crippen LogP contribution in [0.1, 0.15) is 11.4 Å². The summed E-state index contributed by atoms with van der Waals surface area (Å²) in [5, 5.41) is 3.22. The summed E-state index contributed by atoms with van der Waals surface area (Å²) in [6, 6.07) is 16.2. The van der Waals surface area contributed by atoms with Gasteiger partial charge in [0, 0.05) is 31.9 Å². The summed E-state index contributed by atoms with van der Waals surface area (Å²) in [4.78, 5) is 17.8. The first-order valence-electron chi connectivity index (χ1n) is 10.0. The van der Waals surface area contributed by atoms with Crippen LogP contribution in [0.5, 0.6) is 5.75 Å². The van der Waals surface area contributed by atoms with Gasteiger partial charge in [-0.25, -0.2) is 0 Å². The number of aromatic nitrogens is 3. The van der Waals surface area contributed by atoms with Gasteiger partial charge in [0.25, 0.3) is 0 Å². The number of anilines is 4. The van der Waals surface area contributed by atoms with Gasteiger partial charge in [0.1, 0.15) is 11.6 Å². The molecule has 0 unspecified atom stereocenters. The first-order valence-corrected chi connectivity index (χ1v) is 10.0. The van der Waals surface area contributed by atoms with E-state index in [1.165, 1.54) is 0 Å².